The molecule has 2 aromatic carbocycles. The van der Waals surface area contributed by atoms with Gasteiger partial charge in [0, 0.05) is 24.2 Å². The molecule has 0 spiro atoms. The van der Waals surface area contributed by atoms with E-state index in [1.807, 2.05) is 48.5 Å². The lowest BCUT2D eigenvalue weighted by molar-refractivity contribution is 0.102. The maximum atomic E-state index is 12.7. The van der Waals surface area contributed by atoms with Crippen LogP contribution in [0.4, 0.5) is 11.5 Å². The summed E-state index contributed by atoms with van der Waals surface area (Å²) in [6, 6.07) is 21.5. The summed E-state index contributed by atoms with van der Waals surface area (Å²) in [4.78, 5) is 25.3. The fourth-order valence-electron chi connectivity index (χ4n) is 3.12. The molecule has 6 nitrogen and oxygen atoms in total. The fourth-order valence-corrected chi connectivity index (χ4v) is 3.12. The maximum Gasteiger partial charge on any atom is 0.274 e. The molecule has 0 aliphatic heterocycles. The lowest BCUT2D eigenvalue weighted by atomic mass is 10.1. The summed E-state index contributed by atoms with van der Waals surface area (Å²) in [7, 11) is 0. The van der Waals surface area contributed by atoms with Gasteiger partial charge in [-0.1, -0.05) is 48.5 Å². The Morgan fingerprint density at radius 3 is 2.66 bits per heavy atom. The summed E-state index contributed by atoms with van der Waals surface area (Å²) in [6.07, 6.45) is 5.06. The molecular weight excluding hydrogens is 362 g/mol. The number of aryl methyl sites for hydroxylation is 1. The van der Waals surface area contributed by atoms with E-state index in [9.17, 15) is 4.79 Å². The van der Waals surface area contributed by atoms with E-state index < -0.39 is 0 Å². The Labute approximate surface area is 169 Å². The third-order valence-electron chi connectivity index (χ3n) is 4.57. The van der Waals surface area contributed by atoms with Gasteiger partial charge in [0.2, 0.25) is 0 Å². The van der Waals surface area contributed by atoms with Crippen molar-refractivity contribution in [2.24, 2.45) is 0 Å². The van der Waals surface area contributed by atoms with E-state index in [-0.39, 0.29) is 5.91 Å². The number of hydrogen-bond donors (Lipinski definition) is 2. The molecule has 0 saturated heterocycles. The molecule has 0 aliphatic carbocycles. The lowest BCUT2D eigenvalue weighted by Gasteiger charge is -2.09. The number of carbonyl (C=O) groups excluding carboxylic acids is 1. The van der Waals surface area contributed by atoms with Gasteiger partial charge in [0.15, 0.2) is 0 Å². The van der Waals surface area contributed by atoms with Crippen LogP contribution in [0.25, 0.3) is 10.9 Å². The molecule has 2 N–H and O–H groups in total. The van der Waals surface area contributed by atoms with Crippen LogP contribution < -0.4 is 10.6 Å². The second kappa shape index (κ2) is 8.93. The van der Waals surface area contributed by atoms with Gasteiger partial charge in [-0.05, 0) is 30.5 Å². The molecular formula is C23H21N5O. The molecule has 2 aromatic heterocycles. The van der Waals surface area contributed by atoms with E-state index >= 15 is 0 Å². The Kier molecular flexibility index (Phi) is 5.71. The van der Waals surface area contributed by atoms with E-state index in [0.29, 0.717) is 17.2 Å². The van der Waals surface area contributed by atoms with Gasteiger partial charge in [0.1, 0.15) is 17.8 Å². The maximum absolute atomic E-state index is 12.7. The van der Waals surface area contributed by atoms with E-state index in [1.165, 1.54) is 11.9 Å². The molecule has 144 valence electrons. The Morgan fingerprint density at radius 1 is 0.897 bits per heavy atom. The number of fused-ring (bicyclic) bond motifs is 1. The number of hydrogen-bond acceptors (Lipinski definition) is 5. The minimum absolute atomic E-state index is 0.294. The summed E-state index contributed by atoms with van der Waals surface area (Å²) >= 11 is 0. The molecule has 0 fully saturated rings. The summed E-state index contributed by atoms with van der Waals surface area (Å²) in [5.74, 6) is 0.340. The molecule has 4 rings (SSSR count). The lowest BCUT2D eigenvalue weighted by Crippen LogP contribution is -2.15. The minimum atomic E-state index is -0.294. The van der Waals surface area contributed by atoms with Gasteiger partial charge in [-0.3, -0.25) is 9.78 Å². The largest absolute Gasteiger partial charge is 0.370 e. The van der Waals surface area contributed by atoms with Crippen molar-refractivity contribution in [2.75, 3.05) is 17.2 Å². The van der Waals surface area contributed by atoms with Crippen molar-refractivity contribution in [1.82, 2.24) is 15.0 Å². The van der Waals surface area contributed by atoms with Crippen molar-refractivity contribution in [3.63, 3.8) is 0 Å². The highest BCUT2D eigenvalue weighted by molar-refractivity contribution is 6.07. The number of benzene rings is 2. The average molecular weight is 383 g/mol. The minimum Gasteiger partial charge on any atom is -0.370 e. The first-order chi connectivity index (χ1) is 14.3. The smallest absolute Gasteiger partial charge is 0.274 e. The van der Waals surface area contributed by atoms with Gasteiger partial charge < -0.3 is 10.6 Å². The molecule has 0 unspecified atom stereocenters. The zero-order valence-electron chi connectivity index (χ0n) is 15.9. The number of rotatable bonds is 7. The second-order valence-electron chi connectivity index (χ2n) is 6.64. The topological polar surface area (TPSA) is 79.8 Å². The zero-order valence-corrected chi connectivity index (χ0v) is 15.9. The highest BCUT2D eigenvalue weighted by Gasteiger charge is 2.11. The first kappa shape index (κ1) is 18.6. The van der Waals surface area contributed by atoms with Crippen LogP contribution >= 0.6 is 0 Å². The number of carbonyl (C=O) groups is 1. The molecule has 29 heavy (non-hydrogen) atoms. The molecule has 4 aromatic rings. The highest BCUT2D eigenvalue weighted by atomic mass is 16.1. The third-order valence-corrected chi connectivity index (χ3v) is 4.57. The average Bonchev–Trinajstić information content (AvgIpc) is 2.78. The monoisotopic (exact) mass is 383 g/mol. The van der Waals surface area contributed by atoms with Gasteiger partial charge >= 0.3 is 0 Å². The van der Waals surface area contributed by atoms with Crippen molar-refractivity contribution >= 4 is 28.3 Å². The predicted molar refractivity (Wildman–Crippen MR) is 115 cm³/mol. The molecule has 0 aliphatic rings. The van der Waals surface area contributed by atoms with Crippen LogP contribution in [0.1, 0.15) is 22.5 Å². The Balaban J connectivity index is 1.38. The standard InChI is InChI=1S/C23H21N5O/c29-23(28-19-12-4-10-18-11-6-14-25-22(18)19)20-15-21(27-16-26-20)24-13-5-9-17-7-2-1-3-8-17/h1-4,6-8,10-12,14-16H,5,9,13H2,(H,28,29)(H,24,26,27). The third kappa shape index (κ3) is 4.73. The van der Waals surface area contributed by atoms with Crippen LogP contribution in [-0.2, 0) is 6.42 Å². The fraction of sp³-hybridized carbons (Fsp3) is 0.130. The van der Waals surface area contributed by atoms with Crippen LogP contribution in [0, 0.1) is 0 Å². The van der Waals surface area contributed by atoms with Crippen LogP contribution in [0.5, 0.6) is 0 Å². The van der Waals surface area contributed by atoms with Crippen LogP contribution in [0.15, 0.2) is 79.3 Å². The Hall–Kier alpha value is -3.80. The van der Waals surface area contributed by atoms with Crippen LogP contribution in [0.2, 0.25) is 0 Å². The molecule has 1 amide bonds. The molecule has 2 heterocycles. The quantitative estimate of drug-likeness (QED) is 0.465. The molecule has 0 atom stereocenters. The number of para-hydroxylation sites is 1. The summed E-state index contributed by atoms with van der Waals surface area (Å²) < 4.78 is 0. The number of amides is 1. The van der Waals surface area contributed by atoms with Crippen LogP contribution in [-0.4, -0.2) is 27.4 Å². The Bertz CT molecular complexity index is 1110. The van der Waals surface area contributed by atoms with Crippen molar-refractivity contribution in [3.8, 4) is 0 Å². The molecule has 0 saturated carbocycles. The summed E-state index contributed by atoms with van der Waals surface area (Å²) in [6.45, 7) is 0.764. The number of pyridine rings is 1. The van der Waals surface area contributed by atoms with Crippen LogP contribution in [0.3, 0.4) is 0 Å². The van der Waals surface area contributed by atoms with Gasteiger partial charge in [-0.2, -0.15) is 0 Å². The van der Waals surface area contributed by atoms with E-state index in [4.69, 9.17) is 0 Å². The predicted octanol–water partition coefficient (Wildman–Crippen LogP) is 4.32. The highest BCUT2D eigenvalue weighted by Crippen LogP contribution is 2.21. The normalized spacial score (nSPS) is 10.6. The van der Waals surface area contributed by atoms with Crippen molar-refractivity contribution in [2.45, 2.75) is 12.8 Å². The molecule has 0 bridgehead atoms. The van der Waals surface area contributed by atoms with E-state index in [2.05, 4.69) is 37.7 Å². The van der Waals surface area contributed by atoms with E-state index in [0.717, 1.165) is 30.3 Å². The number of aromatic nitrogens is 3. The van der Waals surface area contributed by atoms with Crippen molar-refractivity contribution < 1.29 is 4.79 Å². The van der Waals surface area contributed by atoms with Crippen molar-refractivity contribution in [3.05, 3.63) is 90.5 Å². The first-order valence-electron chi connectivity index (χ1n) is 9.54. The molecule has 0 radical (unpaired) electrons. The van der Waals surface area contributed by atoms with Crippen molar-refractivity contribution in [1.29, 1.82) is 0 Å². The van der Waals surface area contributed by atoms with Gasteiger partial charge in [0.25, 0.3) is 5.91 Å². The first-order valence-corrected chi connectivity index (χ1v) is 9.54. The van der Waals surface area contributed by atoms with E-state index in [1.54, 1.807) is 12.3 Å². The number of nitrogens with zero attached hydrogens (tertiary/aromatic N) is 3. The summed E-state index contributed by atoms with van der Waals surface area (Å²) in [5, 5.41) is 7.12. The summed E-state index contributed by atoms with van der Waals surface area (Å²) in [5.41, 5.74) is 3.01. The number of nitrogens with one attached hydrogen (secondary N) is 2. The van der Waals surface area contributed by atoms with Gasteiger partial charge in [-0.15, -0.1) is 0 Å². The molecule has 6 heteroatoms. The SMILES string of the molecule is O=C(Nc1cccc2cccnc12)c1cc(NCCCc2ccccc2)ncn1. The van der Waals surface area contributed by atoms with Gasteiger partial charge in [0.05, 0.1) is 11.2 Å². The zero-order chi connectivity index (χ0) is 19.9. The second-order valence-corrected chi connectivity index (χ2v) is 6.64. The number of anilines is 2. The van der Waals surface area contributed by atoms with Gasteiger partial charge in [-0.25, -0.2) is 9.97 Å². The Morgan fingerprint density at radius 2 is 1.76 bits per heavy atom.